The molecule has 3 heteroatoms. The Bertz CT molecular complexity index is 642. The van der Waals surface area contributed by atoms with Crippen molar-refractivity contribution in [2.45, 2.75) is 97.8 Å². The topological polar surface area (TPSA) is 43.4 Å². The Balaban J connectivity index is 1.44. The van der Waals surface area contributed by atoms with E-state index in [1.165, 1.54) is 45.6 Å². The summed E-state index contributed by atoms with van der Waals surface area (Å²) in [5.41, 5.74) is 0.905. The molecule has 4 saturated carbocycles. The van der Waals surface area contributed by atoms with Gasteiger partial charge in [0.25, 0.3) is 0 Å². The highest BCUT2D eigenvalue weighted by molar-refractivity contribution is 5.79. The molecule has 0 aromatic heterocycles. The number of methoxy groups -OCH3 is 1. The van der Waals surface area contributed by atoms with Crippen LogP contribution in [0.1, 0.15) is 97.8 Å². The molecule has 4 aliphatic rings. The van der Waals surface area contributed by atoms with Crippen molar-refractivity contribution in [2.75, 3.05) is 7.11 Å². The summed E-state index contributed by atoms with van der Waals surface area (Å²) >= 11 is 0. The van der Waals surface area contributed by atoms with E-state index in [2.05, 4.69) is 20.8 Å². The molecule has 4 fully saturated rings. The SMILES string of the molecule is COC(=O)CCCC(C)[C@H]1CCC2C3CCC4CC(=O)CC[C@]4(C)C3CC[C@@]21C. The maximum absolute atomic E-state index is 12.1. The average Bonchev–Trinajstić information content (AvgIpc) is 3.05. The van der Waals surface area contributed by atoms with Crippen LogP contribution in [-0.2, 0) is 14.3 Å². The number of Topliss-reactive ketones (excluding diaryl/α,β-unsaturated/α-hetero) is 1. The van der Waals surface area contributed by atoms with Gasteiger partial charge in [0.1, 0.15) is 5.78 Å². The Kier molecular flexibility index (Phi) is 5.90. The molecule has 4 aliphatic carbocycles. The molecular weight excluding hydrogens is 360 g/mol. The number of ether oxygens (including phenoxy) is 1. The lowest BCUT2D eigenvalue weighted by atomic mass is 9.44. The zero-order valence-corrected chi connectivity index (χ0v) is 19.2. The van der Waals surface area contributed by atoms with Gasteiger partial charge in [0.15, 0.2) is 0 Å². The summed E-state index contributed by atoms with van der Waals surface area (Å²) in [6, 6.07) is 0. The van der Waals surface area contributed by atoms with Gasteiger partial charge in [-0.15, -0.1) is 0 Å². The summed E-state index contributed by atoms with van der Waals surface area (Å²) in [6.45, 7) is 7.60. The molecular formula is C26H42O3. The fourth-order valence-electron chi connectivity index (χ4n) is 8.89. The molecule has 4 rings (SSSR count). The molecule has 0 aromatic rings. The lowest BCUT2D eigenvalue weighted by Crippen LogP contribution is -2.53. The van der Waals surface area contributed by atoms with Gasteiger partial charge in [-0.2, -0.15) is 0 Å². The van der Waals surface area contributed by atoms with Crippen LogP contribution in [0.25, 0.3) is 0 Å². The van der Waals surface area contributed by atoms with Crippen LogP contribution in [0.4, 0.5) is 0 Å². The molecule has 0 aromatic carbocycles. The third kappa shape index (κ3) is 3.59. The van der Waals surface area contributed by atoms with Gasteiger partial charge in [0.05, 0.1) is 7.11 Å². The predicted molar refractivity (Wildman–Crippen MR) is 115 cm³/mol. The number of hydrogen-bond donors (Lipinski definition) is 0. The average molecular weight is 403 g/mol. The van der Waals surface area contributed by atoms with Crippen LogP contribution in [0.15, 0.2) is 0 Å². The van der Waals surface area contributed by atoms with Crippen LogP contribution in [0.3, 0.4) is 0 Å². The lowest BCUT2D eigenvalue weighted by Gasteiger charge is -2.60. The van der Waals surface area contributed by atoms with Gasteiger partial charge >= 0.3 is 5.97 Å². The minimum atomic E-state index is -0.0656. The van der Waals surface area contributed by atoms with E-state index in [1.54, 1.807) is 0 Å². The standard InChI is InChI=1S/C26H42O3/c1-17(6-5-7-24(28)29-4)21-10-11-22-20-9-8-18-16-19(27)12-14-25(18,2)23(20)13-15-26(21,22)3/h17-18,20-23H,5-16H2,1-4H3/t17?,18?,20?,21-,22?,23?,25+,26-/m1/s1. The van der Waals surface area contributed by atoms with Gasteiger partial charge in [-0.3, -0.25) is 9.59 Å². The van der Waals surface area contributed by atoms with Gasteiger partial charge in [-0.05, 0) is 104 Å². The molecule has 0 radical (unpaired) electrons. The Morgan fingerprint density at radius 2 is 1.83 bits per heavy atom. The largest absolute Gasteiger partial charge is 0.469 e. The van der Waals surface area contributed by atoms with Crippen molar-refractivity contribution < 1.29 is 14.3 Å². The van der Waals surface area contributed by atoms with E-state index in [9.17, 15) is 9.59 Å². The Hall–Kier alpha value is -0.860. The number of fused-ring (bicyclic) bond motifs is 5. The molecule has 164 valence electrons. The number of carbonyl (C=O) groups excluding carboxylic acids is 2. The summed E-state index contributed by atoms with van der Waals surface area (Å²) in [5.74, 6) is 5.23. The van der Waals surface area contributed by atoms with Gasteiger partial charge < -0.3 is 4.74 Å². The summed E-state index contributed by atoms with van der Waals surface area (Å²) in [4.78, 5) is 23.6. The summed E-state index contributed by atoms with van der Waals surface area (Å²) in [6.07, 6.45) is 13.7. The van der Waals surface area contributed by atoms with E-state index in [-0.39, 0.29) is 5.97 Å². The van der Waals surface area contributed by atoms with Crippen LogP contribution < -0.4 is 0 Å². The maximum Gasteiger partial charge on any atom is 0.305 e. The van der Waals surface area contributed by atoms with Crippen LogP contribution in [0.5, 0.6) is 0 Å². The smallest absolute Gasteiger partial charge is 0.305 e. The maximum atomic E-state index is 12.1. The molecule has 5 unspecified atom stereocenters. The second kappa shape index (κ2) is 8.00. The van der Waals surface area contributed by atoms with E-state index >= 15 is 0 Å². The molecule has 0 bridgehead atoms. The molecule has 0 aliphatic heterocycles. The molecule has 0 amide bonds. The normalized spacial score (nSPS) is 45.1. The van der Waals surface area contributed by atoms with Crippen molar-refractivity contribution in [2.24, 2.45) is 46.3 Å². The van der Waals surface area contributed by atoms with Crippen molar-refractivity contribution in [3.8, 4) is 0 Å². The molecule has 29 heavy (non-hydrogen) atoms. The van der Waals surface area contributed by atoms with Gasteiger partial charge in [-0.1, -0.05) is 20.8 Å². The van der Waals surface area contributed by atoms with Crippen molar-refractivity contribution in [3.63, 3.8) is 0 Å². The van der Waals surface area contributed by atoms with Crippen LogP contribution >= 0.6 is 0 Å². The molecule has 3 nitrogen and oxygen atoms in total. The fraction of sp³-hybridized carbons (Fsp3) is 0.923. The highest BCUT2D eigenvalue weighted by Gasteiger charge is 2.60. The van der Waals surface area contributed by atoms with Crippen molar-refractivity contribution in [1.82, 2.24) is 0 Å². The van der Waals surface area contributed by atoms with Crippen LogP contribution in [-0.4, -0.2) is 18.9 Å². The summed E-state index contributed by atoms with van der Waals surface area (Å²) in [5, 5.41) is 0. The second-order valence-electron chi connectivity index (χ2n) is 11.6. The zero-order chi connectivity index (χ0) is 20.8. The zero-order valence-electron chi connectivity index (χ0n) is 19.2. The highest BCUT2D eigenvalue weighted by Crippen LogP contribution is 2.68. The lowest BCUT2D eigenvalue weighted by molar-refractivity contribution is -0.141. The molecule has 8 atom stereocenters. The molecule has 0 N–H and O–H groups in total. The minimum Gasteiger partial charge on any atom is -0.469 e. The van der Waals surface area contributed by atoms with Gasteiger partial charge in [-0.25, -0.2) is 0 Å². The Labute approximate surface area is 177 Å². The minimum absolute atomic E-state index is 0.0656. The van der Waals surface area contributed by atoms with E-state index in [4.69, 9.17) is 4.74 Å². The number of ketones is 1. The van der Waals surface area contributed by atoms with E-state index in [0.717, 1.165) is 55.8 Å². The third-order valence-corrected chi connectivity index (χ3v) is 10.5. The summed E-state index contributed by atoms with van der Waals surface area (Å²) < 4.78 is 4.82. The number of hydrogen-bond acceptors (Lipinski definition) is 3. The first kappa shape index (κ1) is 21.4. The number of rotatable bonds is 5. The Morgan fingerprint density at radius 3 is 2.59 bits per heavy atom. The fourth-order valence-corrected chi connectivity index (χ4v) is 8.89. The van der Waals surface area contributed by atoms with Gasteiger partial charge in [0.2, 0.25) is 0 Å². The highest BCUT2D eigenvalue weighted by atomic mass is 16.5. The number of esters is 1. The van der Waals surface area contributed by atoms with Crippen molar-refractivity contribution in [3.05, 3.63) is 0 Å². The number of carbonyl (C=O) groups is 2. The molecule has 0 spiro atoms. The Morgan fingerprint density at radius 1 is 1.07 bits per heavy atom. The first-order chi connectivity index (χ1) is 13.8. The summed E-state index contributed by atoms with van der Waals surface area (Å²) in [7, 11) is 1.49. The quantitative estimate of drug-likeness (QED) is 0.515. The van der Waals surface area contributed by atoms with Crippen molar-refractivity contribution >= 4 is 11.8 Å². The van der Waals surface area contributed by atoms with E-state index in [0.29, 0.717) is 34.9 Å². The van der Waals surface area contributed by atoms with Crippen molar-refractivity contribution in [1.29, 1.82) is 0 Å². The first-order valence-electron chi connectivity index (χ1n) is 12.4. The van der Waals surface area contributed by atoms with E-state index in [1.807, 2.05) is 0 Å². The van der Waals surface area contributed by atoms with Crippen LogP contribution in [0.2, 0.25) is 0 Å². The van der Waals surface area contributed by atoms with E-state index < -0.39 is 0 Å². The molecule has 0 heterocycles. The second-order valence-corrected chi connectivity index (χ2v) is 11.6. The predicted octanol–water partition coefficient (Wildman–Crippen LogP) is 6.19. The third-order valence-electron chi connectivity index (χ3n) is 10.5. The molecule has 0 saturated heterocycles. The first-order valence-corrected chi connectivity index (χ1v) is 12.4. The monoisotopic (exact) mass is 402 g/mol. The van der Waals surface area contributed by atoms with Gasteiger partial charge in [0, 0.05) is 19.3 Å². The van der Waals surface area contributed by atoms with Crippen LogP contribution in [0, 0.1) is 46.3 Å².